The average Bonchev–Trinajstić information content (AvgIpc) is 3.24. The third kappa shape index (κ3) is 3.12. The molecule has 4 nitrogen and oxygen atoms in total. The minimum Gasteiger partial charge on any atom is -0.311 e. The molecule has 0 bridgehead atoms. The highest BCUT2D eigenvalue weighted by atomic mass is 15.3. The van der Waals surface area contributed by atoms with Gasteiger partial charge in [0.05, 0.1) is 5.69 Å². The lowest BCUT2D eigenvalue weighted by Gasteiger charge is -2.42. The SMILES string of the molecule is CC(C)C1CNC(C2CC2)CN1Cc1cccnn1. The van der Waals surface area contributed by atoms with E-state index in [1.165, 1.54) is 12.8 Å². The molecule has 3 rings (SSSR count). The van der Waals surface area contributed by atoms with E-state index in [1.807, 2.05) is 6.07 Å². The van der Waals surface area contributed by atoms with Gasteiger partial charge in [-0.1, -0.05) is 13.8 Å². The molecule has 0 aromatic carbocycles. The molecule has 0 amide bonds. The van der Waals surface area contributed by atoms with E-state index >= 15 is 0 Å². The lowest BCUT2D eigenvalue weighted by atomic mass is 9.96. The third-order valence-corrected chi connectivity index (χ3v) is 4.44. The first kappa shape index (κ1) is 13.0. The van der Waals surface area contributed by atoms with E-state index in [-0.39, 0.29) is 0 Å². The molecule has 1 aliphatic carbocycles. The summed E-state index contributed by atoms with van der Waals surface area (Å²) in [4.78, 5) is 2.61. The average molecular weight is 260 g/mol. The Morgan fingerprint density at radius 3 is 2.89 bits per heavy atom. The van der Waals surface area contributed by atoms with E-state index in [9.17, 15) is 0 Å². The normalized spacial score (nSPS) is 28.8. The molecule has 0 radical (unpaired) electrons. The summed E-state index contributed by atoms with van der Waals surface area (Å²) in [6.45, 7) is 7.83. The summed E-state index contributed by atoms with van der Waals surface area (Å²) in [7, 11) is 0. The van der Waals surface area contributed by atoms with Gasteiger partial charge in [-0.05, 0) is 36.8 Å². The van der Waals surface area contributed by atoms with Crippen molar-refractivity contribution < 1.29 is 0 Å². The number of nitrogens with one attached hydrogen (secondary N) is 1. The van der Waals surface area contributed by atoms with Gasteiger partial charge >= 0.3 is 0 Å². The van der Waals surface area contributed by atoms with Crippen LogP contribution >= 0.6 is 0 Å². The highest BCUT2D eigenvalue weighted by Crippen LogP contribution is 2.35. The maximum Gasteiger partial charge on any atom is 0.0771 e. The summed E-state index contributed by atoms with van der Waals surface area (Å²) in [5, 5.41) is 12.0. The molecule has 0 spiro atoms. The Kier molecular flexibility index (Phi) is 3.80. The Bertz CT molecular complexity index is 402. The number of rotatable bonds is 4. The van der Waals surface area contributed by atoms with Crippen molar-refractivity contribution in [2.75, 3.05) is 13.1 Å². The summed E-state index contributed by atoms with van der Waals surface area (Å²) in [5.41, 5.74) is 1.09. The summed E-state index contributed by atoms with van der Waals surface area (Å²) in [6, 6.07) is 5.36. The largest absolute Gasteiger partial charge is 0.311 e. The van der Waals surface area contributed by atoms with Crippen LogP contribution < -0.4 is 5.32 Å². The fourth-order valence-electron chi connectivity index (χ4n) is 3.13. The van der Waals surface area contributed by atoms with Gasteiger partial charge in [0.25, 0.3) is 0 Å². The van der Waals surface area contributed by atoms with Crippen molar-refractivity contribution in [1.82, 2.24) is 20.4 Å². The summed E-state index contributed by atoms with van der Waals surface area (Å²) >= 11 is 0. The highest BCUT2D eigenvalue weighted by Gasteiger charge is 2.37. The number of hydrogen-bond donors (Lipinski definition) is 1. The van der Waals surface area contributed by atoms with E-state index in [2.05, 4.69) is 40.3 Å². The van der Waals surface area contributed by atoms with Crippen LogP contribution in [0, 0.1) is 11.8 Å². The Labute approximate surface area is 115 Å². The number of aromatic nitrogens is 2. The van der Waals surface area contributed by atoms with Crippen LogP contribution in [0.1, 0.15) is 32.4 Å². The van der Waals surface area contributed by atoms with Crippen LogP contribution in [-0.2, 0) is 6.54 Å². The van der Waals surface area contributed by atoms with E-state index in [4.69, 9.17) is 0 Å². The van der Waals surface area contributed by atoms with Gasteiger partial charge in [-0.15, -0.1) is 0 Å². The van der Waals surface area contributed by atoms with Crippen molar-refractivity contribution in [2.24, 2.45) is 11.8 Å². The first-order valence-corrected chi connectivity index (χ1v) is 7.48. The van der Waals surface area contributed by atoms with Gasteiger partial charge in [-0.3, -0.25) is 4.90 Å². The maximum atomic E-state index is 4.24. The molecule has 2 unspecified atom stereocenters. The second-order valence-corrected chi connectivity index (χ2v) is 6.31. The van der Waals surface area contributed by atoms with Crippen LogP contribution in [0.4, 0.5) is 0 Å². The fraction of sp³-hybridized carbons (Fsp3) is 0.733. The van der Waals surface area contributed by atoms with Crippen molar-refractivity contribution in [1.29, 1.82) is 0 Å². The van der Waals surface area contributed by atoms with Gasteiger partial charge in [0.15, 0.2) is 0 Å². The van der Waals surface area contributed by atoms with Gasteiger partial charge in [0.1, 0.15) is 0 Å². The standard InChI is InChI=1S/C15H24N4/c1-11(2)15-8-16-14(12-5-6-12)10-19(15)9-13-4-3-7-17-18-13/h3-4,7,11-12,14-16H,5-6,8-10H2,1-2H3. The number of nitrogens with zero attached hydrogens (tertiary/aromatic N) is 3. The van der Waals surface area contributed by atoms with Crippen LogP contribution in [0.2, 0.25) is 0 Å². The molecule has 104 valence electrons. The number of hydrogen-bond acceptors (Lipinski definition) is 4. The fourth-order valence-corrected chi connectivity index (χ4v) is 3.13. The molecule has 1 aliphatic heterocycles. The monoisotopic (exact) mass is 260 g/mol. The summed E-state index contributed by atoms with van der Waals surface area (Å²) < 4.78 is 0. The number of piperazine rings is 1. The second-order valence-electron chi connectivity index (χ2n) is 6.31. The molecule has 2 fully saturated rings. The topological polar surface area (TPSA) is 41.0 Å². The van der Waals surface area contributed by atoms with Gasteiger partial charge in [0, 0.05) is 37.9 Å². The van der Waals surface area contributed by atoms with Crippen molar-refractivity contribution in [3.8, 4) is 0 Å². The Hall–Kier alpha value is -1.00. The molecule has 1 aromatic rings. The predicted molar refractivity (Wildman–Crippen MR) is 75.6 cm³/mol. The molecular weight excluding hydrogens is 236 g/mol. The highest BCUT2D eigenvalue weighted by molar-refractivity contribution is 5.02. The molecule has 1 saturated carbocycles. The lowest BCUT2D eigenvalue weighted by Crippen LogP contribution is -2.58. The van der Waals surface area contributed by atoms with Crippen LogP contribution in [0.3, 0.4) is 0 Å². The van der Waals surface area contributed by atoms with Gasteiger partial charge in [0.2, 0.25) is 0 Å². The zero-order valence-corrected chi connectivity index (χ0v) is 11.9. The molecule has 1 N–H and O–H groups in total. The molecule has 1 aromatic heterocycles. The van der Waals surface area contributed by atoms with E-state index in [1.54, 1.807) is 6.20 Å². The van der Waals surface area contributed by atoms with Crippen molar-refractivity contribution >= 4 is 0 Å². The first-order valence-electron chi connectivity index (χ1n) is 7.48. The Morgan fingerprint density at radius 2 is 2.26 bits per heavy atom. The molecule has 1 saturated heterocycles. The molecule has 4 heteroatoms. The molecular formula is C15H24N4. The summed E-state index contributed by atoms with van der Waals surface area (Å²) in [6.07, 6.45) is 4.56. The van der Waals surface area contributed by atoms with E-state index in [0.29, 0.717) is 18.0 Å². The summed E-state index contributed by atoms with van der Waals surface area (Å²) in [5.74, 6) is 1.58. The Morgan fingerprint density at radius 1 is 1.42 bits per heavy atom. The van der Waals surface area contributed by atoms with Crippen LogP contribution in [0.15, 0.2) is 18.3 Å². The minimum absolute atomic E-state index is 0.608. The molecule has 2 aliphatic rings. The lowest BCUT2D eigenvalue weighted by molar-refractivity contribution is 0.0837. The quantitative estimate of drug-likeness (QED) is 0.894. The minimum atomic E-state index is 0.608. The van der Waals surface area contributed by atoms with Crippen LogP contribution in [-0.4, -0.2) is 40.3 Å². The van der Waals surface area contributed by atoms with Crippen LogP contribution in [0.5, 0.6) is 0 Å². The maximum absolute atomic E-state index is 4.24. The van der Waals surface area contributed by atoms with Gasteiger partial charge in [-0.25, -0.2) is 0 Å². The van der Waals surface area contributed by atoms with Gasteiger partial charge < -0.3 is 5.32 Å². The molecule has 19 heavy (non-hydrogen) atoms. The van der Waals surface area contributed by atoms with E-state index < -0.39 is 0 Å². The third-order valence-electron chi connectivity index (χ3n) is 4.44. The van der Waals surface area contributed by atoms with Crippen molar-refractivity contribution in [3.63, 3.8) is 0 Å². The zero-order chi connectivity index (χ0) is 13.2. The first-order chi connectivity index (χ1) is 9.24. The zero-order valence-electron chi connectivity index (χ0n) is 11.9. The van der Waals surface area contributed by atoms with Crippen molar-refractivity contribution in [2.45, 2.75) is 45.3 Å². The predicted octanol–water partition coefficient (Wildman–Crippen LogP) is 1.68. The smallest absolute Gasteiger partial charge is 0.0771 e. The van der Waals surface area contributed by atoms with Crippen molar-refractivity contribution in [3.05, 3.63) is 24.0 Å². The van der Waals surface area contributed by atoms with Crippen LogP contribution in [0.25, 0.3) is 0 Å². The second kappa shape index (κ2) is 5.55. The Balaban J connectivity index is 1.69. The molecule has 2 heterocycles. The molecule has 2 atom stereocenters. The van der Waals surface area contributed by atoms with E-state index in [0.717, 1.165) is 31.2 Å². The van der Waals surface area contributed by atoms with Gasteiger partial charge in [-0.2, -0.15) is 10.2 Å².